The Balaban J connectivity index is 2.18. The van der Waals surface area contributed by atoms with E-state index in [1.807, 2.05) is 0 Å². The molecule has 0 unspecified atom stereocenters. The minimum absolute atomic E-state index is 0.220. The van der Waals surface area contributed by atoms with Crippen molar-refractivity contribution >= 4 is 15.9 Å². The van der Waals surface area contributed by atoms with Gasteiger partial charge in [-0.2, -0.15) is 0 Å². The first-order valence-electron chi connectivity index (χ1n) is 5.47. The van der Waals surface area contributed by atoms with E-state index >= 15 is 0 Å². The number of ether oxygens (including phenoxy) is 1. The Labute approximate surface area is 103 Å². The van der Waals surface area contributed by atoms with E-state index in [9.17, 15) is 4.39 Å². The molecule has 1 heterocycles. The first-order valence-corrected chi connectivity index (χ1v) is 6.26. The van der Waals surface area contributed by atoms with Gasteiger partial charge in [0.1, 0.15) is 5.82 Å². The summed E-state index contributed by atoms with van der Waals surface area (Å²) in [6.45, 7) is 1.46. The Kier molecular flexibility index (Phi) is 3.95. The number of hydrogen-bond acceptors (Lipinski definition) is 2. The maximum Gasteiger partial charge on any atom is 0.128 e. The number of rotatable bonds is 2. The standard InChI is InChI=1S/C12H15BrFNO/c13-9-1-2-11(14)10(7-9)12(15)8-3-5-16-6-4-8/h1-2,7-8,12H,3-6,15H2/t12-/m0/s1. The molecular weight excluding hydrogens is 273 g/mol. The Morgan fingerprint density at radius 2 is 2.06 bits per heavy atom. The highest BCUT2D eigenvalue weighted by Gasteiger charge is 2.24. The van der Waals surface area contributed by atoms with E-state index in [0.717, 1.165) is 30.5 Å². The lowest BCUT2D eigenvalue weighted by Crippen LogP contribution is -2.28. The third-order valence-electron chi connectivity index (χ3n) is 3.09. The zero-order chi connectivity index (χ0) is 11.5. The quantitative estimate of drug-likeness (QED) is 0.908. The van der Waals surface area contributed by atoms with Crippen LogP contribution >= 0.6 is 15.9 Å². The molecule has 1 aliphatic rings. The van der Waals surface area contributed by atoms with Crippen LogP contribution in [0, 0.1) is 11.7 Å². The molecule has 4 heteroatoms. The van der Waals surface area contributed by atoms with Crippen molar-refractivity contribution in [1.82, 2.24) is 0 Å². The summed E-state index contributed by atoms with van der Waals surface area (Å²) in [5, 5.41) is 0. The predicted octanol–water partition coefficient (Wildman–Crippen LogP) is 3.01. The van der Waals surface area contributed by atoms with Gasteiger partial charge in [-0.3, -0.25) is 0 Å². The van der Waals surface area contributed by atoms with Gasteiger partial charge in [0.25, 0.3) is 0 Å². The highest BCUT2D eigenvalue weighted by molar-refractivity contribution is 9.10. The second kappa shape index (κ2) is 5.25. The van der Waals surface area contributed by atoms with Crippen LogP contribution in [0.4, 0.5) is 4.39 Å². The Morgan fingerprint density at radius 3 is 2.75 bits per heavy atom. The molecular formula is C12H15BrFNO. The molecule has 1 saturated heterocycles. The van der Waals surface area contributed by atoms with Crippen molar-refractivity contribution in [3.8, 4) is 0 Å². The van der Waals surface area contributed by atoms with E-state index in [-0.39, 0.29) is 11.9 Å². The van der Waals surface area contributed by atoms with Crippen LogP contribution in [0.3, 0.4) is 0 Å². The van der Waals surface area contributed by atoms with Gasteiger partial charge in [0.15, 0.2) is 0 Å². The zero-order valence-corrected chi connectivity index (χ0v) is 10.5. The van der Waals surface area contributed by atoms with E-state index in [1.54, 1.807) is 12.1 Å². The average Bonchev–Trinajstić information content (AvgIpc) is 2.32. The van der Waals surface area contributed by atoms with Gasteiger partial charge in [0, 0.05) is 29.3 Å². The zero-order valence-electron chi connectivity index (χ0n) is 8.96. The second-order valence-electron chi connectivity index (χ2n) is 4.14. The summed E-state index contributed by atoms with van der Waals surface area (Å²) in [4.78, 5) is 0. The number of hydrogen-bond donors (Lipinski definition) is 1. The normalized spacial score (nSPS) is 19.7. The molecule has 1 aliphatic heterocycles. The summed E-state index contributed by atoms with van der Waals surface area (Å²) in [7, 11) is 0. The monoisotopic (exact) mass is 287 g/mol. The smallest absolute Gasteiger partial charge is 0.128 e. The van der Waals surface area contributed by atoms with Gasteiger partial charge in [0.05, 0.1) is 0 Å². The summed E-state index contributed by atoms with van der Waals surface area (Å²) >= 11 is 3.34. The van der Waals surface area contributed by atoms with Crippen molar-refractivity contribution < 1.29 is 9.13 Å². The summed E-state index contributed by atoms with van der Waals surface area (Å²) in [5.74, 6) is 0.0970. The molecule has 1 aromatic carbocycles. The van der Waals surface area contributed by atoms with Crippen LogP contribution in [0.2, 0.25) is 0 Å². The van der Waals surface area contributed by atoms with Gasteiger partial charge in [-0.05, 0) is 37.0 Å². The van der Waals surface area contributed by atoms with Crippen molar-refractivity contribution in [3.05, 3.63) is 34.1 Å². The highest BCUT2D eigenvalue weighted by atomic mass is 79.9. The predicted molar refractivity (Wildman–Crippen MR) is 64.6 cm³/mol. The van der Waals surface area contributed by atoms with Crippen LogP contribution in [0.5, 0.6) is 0 Å². The van der Waals surface area contributed by atoms with Crippen LogP contribution in [0.1, 0.15) is 24.4 Å². The number of benzene rings is 1. The first kappa shape index (κ1) is 12.0. The van der Waals surface area contributed by atoms with Gasteiger partial charge in [-0.15, -0.1) is 0 Å². The molecule has 2 nitrogen and oxygen atoms in total. The fraction of sp³-hybridized carbons (Fsp3) is 0.500. The molecule has 2 N–H and O–H groups in total. The molecule has 16 heavy (non-hydrogen) atoms. The lowest BCUT2D eigenvalue weighted by Gasteiger charge is -2.28. The number of halogens is 2. The molecule has 0 spiro atoms. The molecule has 0 aliphatic carbocycles. The third kappa shape index (κ3) is 2.62. The fourth-order valence-corrected chi connectivity index (χ4v) is 2.48. The Hall–Kier alpha value is -0.450. The van der Waals surface area contributed by atoms with E-state index < -0.39 is 0 Å². The summed E-state index contributed by atoms with van der Waals surface area (Å²) in [5.41, 5.74) is 6.72. The summed E-state index contributed by atoms with van der Waals surface area (Å²) < 4.78 is 19.8. The molecule has 1 aromatic rings. The Morgan fingerprint density at radius 1 is 1.38 bits per heavy atom. The van der Waals surface area contributed by atoms with Gasteiger partial charge in [-0.1, -0.05) is 15.9 Å². The summed E-state index contributed by atoms with van der Waals surface area (Å²) in [6.07, 6.45) is 1.82. The largest absolute Gasteiger partial charge is 0.381 e. The van der Waals surface area contributed by atoms with Crippen molar-refractivity contribution in [3.63, 3.8) is 0 Å². The number of nitrogens with two attached hydrogens (primary N) is 1. The molecule has 2 rings (SSSR count). The maximum atomic E-state index is 13.6. The van der Waals surface area contributed by atoms with Crippen molar-refractivity contribution in [2.45, 2.75) is 18.9 Å². The van der Waals surface area contributed by atoms with Gasteiger partial charge in [-0.25, -0.2) is 4.39 Å². The molecule has 1 fully saturated rings. The molecule has 0 saturated carbocycles. The van der Waals surface area contributed by atoms with E-state index in [1.165, 1.54) is 6.07 Å². The first-order chi connectivity index (χ1) is 7.68. The maximum absolute atomic E-state index is 13.6. The lowest BCUT2D eigenvalue weighted by molar-refractivity contribution is 0.0580. The topological polar surface area (TPSA) is 35.2 Å². The van der Waals surface area contributed by atoms with Gasteiger partial charge in [0.2, 0.25) is 0 Å². The van der Waals surface area contributed by atoms with Crippen LogP contribution in [0.25, 0.3) is 0 Å². The van der Waals surface area contributed by atoms with Crippen molar-refractivity contribution in [2.24, 2.45) is 11.7 Å². The lowest BCUT2D eigenvalue weighted by atomic mass is 9.87. The summed E-state index contributed by atoms with van der Waals surface area (Å²) in [6, 6.07) is 4.69. The van der Waals surface area contributed by atoms with E-state index in [2.05, 4.69) is 15.9 Å². The van der Waals surface area contributed by atoms with Crippen LogP contribution in [-0.2, 0) is 4.74 Å². The second-order valence-corrected chi connectivity index (χ2v) is 5.06. The molecule has 88 valence electrons. The molecule has 0 radical (unpaired) electrons. The minimum atomic E-state index is -0.235. The van der Waals surface area contributed by atoms with Crippen molar-refractivity contribution in [1.29, 1.82) is 0 Å². The molecule has 0 aromatic heterocycles. The van der Waals surface area contributed by atoms with Crippen LogP contribution in [0.15, 0.2) is 22.7 Å². The third-order valence-corrected chi connectivity index (χ3v) is 3.58. The average molecular weight is 288 g/mol. The molecule has 0 bridgehead atoms. The van der Waals surface area contributed by atoms with Gasteiger partial charge >= 0.3 is 0 Å². The van der Waals surface area contributed by atoms with E-state index in [0.29, 0.717) is 11.5 Å². The fourth-order valence-electron chi connectivity index (χ4n) is 2.10. The Bertz CT molecular complexity index is 366. The van der Waals surface area contributed by atoms with Crippen molar-refractivity contribution in [2.75, 3.05) is 13.2 Å². The van der Waals surface area contributed by atoms with Gasteiger partial charge < -0.3 is 10.5 Å². The SMILES string of the molecule is N[C@H](c1cc(Br)ccc1F)C1CCOCC1. The molecule has 0 amide bonds. The van der Waals surface area contributed by atoms with Crippen LogP contribution in [-0.4, -0.2) is 13.2 Å². The highest BCUT2D eigenvalue weighted by Crippen LogP contribution is 2.30. The molecule has 1 atom stereocenters. The van der Waals surface area contributed by atoms with E-state index in [4.69, 9.17) is 10.5 Å². The minimum Gasteiger partial charge on any atom is -0.381 e. The van der Waals surface area contributed by atoms with Crippen LogP contribution < -0.4 is 5.73 Å².